The predicted octanol–water partition coefficient (Wildman–Crippen LogP) is 4.86. The van der Waals surface area contributed by atoms with Crippen molar-refractivity contribution in [3.63, 3.8) is 0 Å². The van der Waals surface area contributed by atoms with Gasteiger partial charge in [-0.25, -0.2) is 4.79 Å². The molecule has 2 aromatic rings. The fourth-order valence-electron chi connectivity index (χ4n) is 2.99. The zero-order chi connectivity index (χ0) is 21.2. The van der Waals surface area contributed by atoms with Crippen LogP contribution in [0.4, 0.5) is 4.79 Å². The van der Waals surface area contributed by atoms with Gasteiger partial charge in [-0.15, -0.1) is 0 Å². The third-order valence-electron chi connectivity index (χ3n) is 4.42. The van der Waals surface area contributed by atoms with E-state index in [1.165, 1.54) is 7.11 Å². The van der Waals surface area contributed by atoms with Gasteiger partial charge in [-0.2, -0.15) is 0 Å². The Morgan fingerprint density at radius 3 is 2.14 bits per heavy atom. The molecule has 0 bridgehead atoms. The van der Waals surface area contributed by atoms with Crippen molar-refractivity contribution in [2.24, 2.45) is 11.8 Å². The fourth-order valence-corrected chi connectivity index (χ4v) is 3.27. The highest BCUT2D eigenvalue weighted by Gasteiger charge is 2.27. The average molecular weight is 414 g/mol. The molecule has 5 nitrogen and oxygen atoms in total. The van der Waals surface area contributed by atoms with Gasteiger partial charge in [0.2, 0.25) is 0 Å². The summed E-state index contributed by atoms with van der Waals surface area (Å²) in [7, 11) is 1.31. The highest BCUT2D eigenvalue weighted by atomic mass is 32.1. The lowest BCUT2D eigenvalue weighted by atomic mass is 9.97. The highest BCUT2D eigenvalue weighted by molar-refractivity contribution is 7.80. The maximum atomic E-state index is 12.6. The molecular formula is C23H27NO4S. The molecule has 29 heavy (non-hydrogen) atoms. The zero-order valence-electron chi connectivity index (χ0n) is 17.0. The summed E-state index contributed by atoms with van der Waals surface area (Å²) >= 11 is 5.30. The minimum Gasteiger partial charge on any atom is -0.468 e. The molecular weight excluding hydrogens is 386 g/mol. The van der Waals surface area contributed by atoms with Crippen molar-refractivity contribution in [3.05, 3.63) is 71.8 Å². The summed E-state index contributed by atoms with van der Waals surface area (Å²) in [6.07, 6.45) is -0.157. The van der Waals surface area contributed by atoms with E-state index < -0.39 is 24.1 Å². The second kappa shape index (κ2) is 11.3. The molecule has 2 atom stereocenters. The zero-order valence-corrected chi connectivity index (χ0v) is 17.8. The molecule has 154 valence electrons. The molecule has 0 radical (unpaired) electrons. The number of esters is 1. The Balaban J connectivity index is 2.10. The van der Waals surface area contributed by atoms with E-state index in [1.54, 1.807) is 0 Å². The standard InChI is InChI=1S/C23H27NO4S/c1-16(2)14-19(22(25)27-3)21(29)24-23(26)28-20(18-12-8-5-9-13-18)15-17-10-6-4-7-11-17/h4-13,16,19-20H,14-15H2,1-3H3,(H,24,26,29)/t19-,20?/m1/s1. The SMILES string of the molecule is COC(=O)[C@H](CC(C)C)C(=S)NC(=O)OC(Cc1ccccc1)c1ccccc1. The molecule has 0 spiro atoms. The first-order valence-electron chi connectivity index (χ1n) is 9.58. The first kappa shape index (κ1) is 22.6. The van der Waals surface area contributed by atoms with Crippen LogP contribution in [0.1, 0.15) is 37.5 Å². The topological polar surface area (TPSA) is 64.6 Å². The van der Waals surface area contributed by atoms with Crippen LogP contribution in [0.3, 0.4) is 0 Å². The van der Waals surface area contributed by atoms with Gasteiger partial charge in [0.05, 0.1) is 12.1 Å². The minimum absolute atomic E-state index is 0.113. The molecule has 6 heteroatoms. The molecule has 0 aliphatic heterocycles. The van der Waals surface area contributed by atoms with Crippen molar-refractivity contribution in [2.75, 3.05) is 7.11 Å². The molecule has 0 aliphatic carbocycles. The number of methoxy groups -OCH3 is 1. The number of ether oxygens (including phenoxy) is 2. The third-order valence-corrected chi connectivity index (χ3v) is 4.81. The van der Waals surface area contributed by atoms with Crippen LogP contribution in [0, 0.1) is 11.8 Å². The largest absolute Gasteiger partial charge is 0.468 e. The first-order valence-corrected chi connectivity index (χ1v) is 9.99. The minimum atomic E-state index is -0.688. The van der Waals surface area contributed by atoms with Gasteiger partial charge in [0.25, 0.3) is 0 Å². The van der Waals surface area contributed by atoms with Crippen LogP contribution in [-0.4, -0.2) is 24.2 Å². The average Bonchev–Trinajstić information content (AvgIpc) is 2.72. The van der Waals surface area contributed by atoms with Crippen molar-refractivity contribution in [3.8, 4) is 0 Å². The monoisotopic (exact) mass is 413 g/mol. The molecule has 1 N–H and O–H groups in total. The van der Waals surface area contributed by atoms with Crippen LogP contribution in [0.5, 0.6) is 0 Å². The summed E-state index contributed by atoms with van der Waals surface area (Å²) in [5, 5.41) is 2.56. The second-order valence-electron chi connectivity index (χ2n) is 7.19. The van der Waals surface area contributed by atoms with Crippen molar-refractivity contribution >= 4 is 29.3 Å². The van der Waals surface area contributed by atoms with Gasteiger partial charge >= 0.3 is 12.1 Å². The number of amides is 1. The number of alkyl carbamates (subject to hydrolysis) is 1. The Kier molecular flexibility index (Phi) is 8.80. The molecule has 0 aliphatic rings. The molecule has 0 saturated carbocycles. The number of carbonyl (C=O) groups is 2. The van der Waals surface area contributed by atoms with Gasteiger partial charge in [-0.3, -0.25) is 10.1 Å². The maximum Gasteiger partial charge on any atom is 0.412 e. The molecule has 2 rings (SSSR count). The van der Waals surface area contributed by atoms with Gasteiger partial charge in [-0.1, -0.05) is 86.7 Å². The normalized spacial score (nSPS) is 12.7. The smallest absolute Gasteiger partial charge is 0.412 e. The molecule has 0 fully saturated rings. The number of thiocarbonyl (C=S) groups is 1. The molecule has 0 heterocycles. The van der Waals surface area contributed by atoms with Crippen LogP contribution in [-0.2, 0) is 20.7 Å². The summed E-state index contributed by atoms with van der Waals surface area (Å²) in [5.41, 5.74) is 1.92. The van der Waals surface area contributed by atoms with E-state index in [9.17, 15) is 9.59 Å². The summed E-state index contributed by atoms with van der Waals surface area (Å²) in [5.74, 6) is -0.940. The molecule has 2 aromatic carbocycles. The van der Waals surface area contributed by atoms with E-state index in [0.29, 0.717) is 12.8 Å². The molecule has 0 aromatic heterocycles. The number of hydrogen-bond donors (Lipinski definition) is 1. The molecule has 1 unspecified atom stereocenters. The van der Waals surface area contributed by atoms with E-state index in [4.69, 9.17) is 21.7 Å². The highest BCUT2D eigenvalue weighted by Crippen LogP contribution is 2.23. The lowest BCUT2D eigenvalue weighted by molar-refractivity contribution is -0.143. The van der Waals surface area contributed by atoms with Gasteiger partial charge in [-0.05, 0) is 23.5 Å². The summed E-state index contributed by atoms with van der Waals surface area (Å²) in [6, 6.07) is 19.3. The Hall–Kier alpha value is -2.73. The Morgan fingerprint density at radius 1 is 1.00 bits per heavy atom. The van der Waals surface area contributed by atoms with Gasteiger partial charge in [0, 0.05) is 6.42 Å². The van der Waals surface area contributed by atoms with Crippen molar-refractivity contribution < 1.29 is 19.1 Å². The summed E-state index contributed by atoms with van der Waals surface area (Å²) < 4.78 is 10.5. The van der Waals surface area contributed by atoms with Crippen molar-refractivity contribution in [1.29, 1.82) is 0 Å². The predicted molar refractivity (Wildman–Crippen MR) is 117 cm³/mol. The van der Waals surface area contributed by atoms with E-state index in [1.807, 2.05) is 74.5 Å². The number of nitrogens with one attached hydrogen (secondary N) is 1. The number of benzene rings is 2. The van der Waals surface area contributed by atoms with Crippen LogP contribution >= 0.6 is 12.2 Å². The van der Waals surface area contributed by atoms with E-state index in [2.05, 4.69) is 5.32 Å². The summed E-state index contributed by atoms with van der Waals surface area (Å²) in [6.45, 7) is 3.95. The van der Waals surface area contributed by atoms with Gasteiger partial charge in [0.15, 0.2) is 0 Å². The Bertz CT molecular complexity index is 808. The Morgan fingerprint density at radius 2 is 1.59 bits per heavy atom. The lowest BCUT2D eigenvalue weighted by Crippen LogP contribution is -2.39. The number of hydrogen-bond acceptors (Lipinski definition) is 5. The van der Waals surface area contributed by atoms with Crippen molar-refractivity contribution in [2.45, 2.75) is 32.8 Å². The van der Waals surface area contributed by atoms with Crippen LogP contribution in [0.15, 0.2) is 60.7 Å². The van der Waals surface area contributed by atoms with Crippen LogP contribution in [0.25, 0.3) is 0 Å². The number of carbonyl (C=O) groups excluding carboxylic acids is 2. The fraction of sp³-hybridized carbons (Fsp3) is 0.348. The first-order chi connectivity index (χ1) is 13.9. The van der Waals surface area contributed by atoms with Crippen molar-refractivity contribution in [1.82, 2.24) is 5.32 Å². The van der Waals surface area contributed by atoms with Crippen LogP contribution in [0.2, 0.25) is 0 Å². The molecule has 0 saturated heterocycles. The summed E-state index contributed by atoms with van der Waals surface area (Å²) in [4.78, 5) is 24.7. The van der Waals surface area contributed by atoms with Gasteiger partial charge < -0.3 is 9.47 Å². The van der Waals surface area contributed by atoms with Gasteiger partial charge in [0.1, 0.15) is 12.0 Å². The van der Waals surface area contributed by atoms with E-state index >= 15 is 0 Å². The Labute approximate surface area is 177 Å². The van der Waals surface area contributed by atoms with E-state index in [0.717, 1.165) is 11.1 Å². The quantitative estimate of drug-likeness (QED) is 0.495. The number of rotatable bonds is 8. The van der Waals surface area contributed by atoms with Crippen LogP contribution < -0.4 is 5.32 Å². The van der Waals surface area contributed by atoms with E-state index in [-0.39, 0.29) is 10.9 Å². The second-order valence-corrected chi connectivity index (χ2v) is 7.63. The maximum absolute atomic E-state index is 12.6. The lowest BCUT2D eigenvalue weighted by Gasteiger charge is -2.21. The molecule has 1 amide bonds. The third kappa shape index (κ3) is 7.31.